The quantitative estimate of drug-likeness (QED) is 0.0403. The monoisotopic (exact) mass is 1160 g/mol. The summed E-state index contributed by atoms with van der Waals surface area (Å²) in [6.45, 7) is 31.4. The van der Waals surface area contributed by atoms with Crippen molar-refractivity contribution >= 4 is 75.9 Å². The summed E-state index contributed by atoms with van der Waals surface area (Å²) in [6, 6.07) is 4.81. The summed E-state index contributed by atoms with van der Waals surface area (Å²) >= 11 is 0. The standard InChI is InChI=1S/C55H82N6O19S/c1-49(2,3)74-39(62)29-37(43(66)76-51(7,8)9)57-41(64)36-28-35(73-42(65)32-22-25-34(26-23-32)56-45(58-46(68)78-53(13,14)15)59-47(69)79-54(16,17)18)27-24-33(36)31-61(48(70)80-55(19,20)21)81(71,72)60-38(44(67)77-52(10,11)12)30-40(63)75-50(4,5)6/h22-28,37-38,60H,29-31H2,1-21H3,(H,57,64)(H2,56,58,59,68,69)/t37-,38-/m0/s1. The first-order chi connectivity index (χ1) is 36.4. The van der Waals surface area contributed by atoms with Crippen LogP contribution < -0.4 is 25.4 Å². The normalized spacial score (nSPS) is 13.5. The molecular formula is C55H82N6O19S. The average Bonchev–Trinajstić information content (AvgIpc) is 3.20. The van der Waals surface area contributed by atoms with Crippen LogP contribution in [0.15, 0.2) is 47.5 Å². The van der Waals surface area contributed by atoms with Gasteiger partial charge in [0.05, 0.1) is 24.9 Å². The molecule has 0 aliphatic rings. The molecule has 0 spiro atoms. The van der Waals surface area contributed by atoms with Crippen LogP contribution >= 0.6 is 0 Å². The van der Waals surface area contributed by atoms with Crippen molar-refractivity contribution in [2.24, 2.45) is 4.99 Å². The molecule has 0 aromatic heterocycles. The van der Waals surface area contributed by atoms with E-state index in [0.717, 1.165) is 18.2 Å². The fourth-order valence-electron chi connectivity index (χ4n) is 6.23. The molecule has 0 radical (unpaired) electrons. The van der Waals surface area contributed by atoms with Gasteiger partial charge in [-0.15, -0.1) is 4.99 Å². The molecule has 0 saturated heterocycles. The summed E-state index contributed by atoms with van der Waals surface area (Å²) < 4.78 is 74.9. The average molecular weight is 1160 g/mol. The van der Waals surface area contributed by atoms with Gasteiger partial charge in [-0.25, -0.2) is 24.0 Å². The molecule has 2 rings (SSSR count). The summed E-state index contributed by atoms with van der Waals surface area (Å²) in [4.78, 5) is 125. The van der Waals surface area contributed by atoms with Gasteiger partial charge in [-0.3, -0.25) is 24.5 Å². The topological polar surface area (TPSA) is 325 Å². The molecule has 4 amide bonds. The summed E-state index contributed by atoms with van der Waals surface area (Å²) in [7, 11) is -5.33. The third-order valence-corrected chi connectivity index (χ3v) is 10.3. The molecule has 0 bridgehead atoms. The number of esters is 5. The van der Waals surface area contributed by atoms with Crippen LogP contribution in [0.5, 0.6) is 5.75 Å². The number of hydrogen-bond acceptors (Lipinski definition) is 19. The Morgan fingerprint density at radius 2 is 0.988 bits per heavy atom. The lowest BCUT2D eigenvalue weighted by Crippen LogP contribution is -2.53. The van der Waals surface area contributed by atoms with E-state index in [1.54, 1.807) is 104 Å². The molecule has 2 atom stereocenters. The van der Waals surface area contributed by atoms with Crippen LogP contribution in [0.25, 0.3) is 0 Å². The summed E-state index contributed by atoms with van der Waals surface area (Å²) in [5.41, 5.74) is -8.38. The molecule has 0 aliphatic heterocycles. The maximum Gasteiger partial charge on any atom is 0.437 e. The number of nitrogens with one attached hydrogen (secondary N) is 4. The Bertz CT molecular complexity index is 2780. The second-order valence-corrected chi connectivity index (χ2v) is 26.9. The highest BCUT2D eigenvalue weighted by Crippen LogP contribution is 2.26. The van der Waals surface area contributed by atoms with Crippen molar-refractivity contribution in [3.8, 4) is 5.75 Å². The molecule has 0 aliphatic carbocycles. The molecule has 0 unspecified atom stereocenters. The summed E-state index contributed by atoms with van der Waals surface area (Å²) in [5.74, 6) is -7.18. The zero-order valence-corrected chi connectivity index (χ0v) is 51.2. The number of hydrogen-bond donors (Lipinski definition) is 4. The first kappa shape index (κ1) is 69.8. The zero-order valence-electron chi connectivity index (χ0n) is 50.4. The highest BCUT2D eigenvalue weighted by molar-refractivity contribution is 7.87. The second-order valence-electron chi connectivity index (χ2n) is 25.3. The number of alkyl carbamates (subject to hydrolysis) is 1. The minimum atomic E-state index is -5.33. The summed E-state index contributed by atoms with van der Waals surface area (Å²) in [6.07, 6.45) is -5.21. The third kappa shape index (κ3) is 28.1. The molecule has 4 N–H and O–H groups in total. The molecule has 452 valence electrons. The number of guanidine groups is 1. The SMILES string of the molecule is CC(C)(C)OC(=O)C[C@H](NC(=O)c1cc(OC(=O)c2ccc(NC(=NC(=O)OC(C)(C)C)NC(=O)OC(C)(C)C)cc2)ccc1CN(C(=O)OC(C)(C)C)S(=O)(=O)N[C@@H](CC(=O)OC(C)(C)C)C(=O)OC(C)(C)C)C(=O)OC(C)(C)C. The molecule has 81 heavy (non-hydrogen) atoms. The maximum absolute atomic E-state index is 14.7. The van der Waals surface area contributed by atoms with E-state index in [9.17, 15) is 51.6 Å². The van der Waals surface area contributed by atoms with E-state index < -0.39 is 146 Å². The minimum absolute atomic E-state index is 0.0945. The van der Waals surface area contributed by atoms with Gasteiger partial charge in [-0.1, -0.05) is 6.07 Å². The van der Waals surface area contributed by atoms with E-state index in [0.29, 0.717) is 0 Å². The van der Waals surface area contributed by atoms with Gasteiger partial charge in [0.2, 0.25) is 5.96 Å². The van der Waals surface area contributed by atoms with Crippen molar-refractivity contribution in [3.05, 3.63) is 59.2 Å². The van der Waals surface area contributed by atoms with Crippen molar-refractivity contribution in [3.63, 3.8) is 0 Å². The van der Waals surface area contributed by atoms with Gasteiger partial charge >= 0.3 is 58.3 Å². The molecule has 0 fully saturated rings. The van der Waals surface area contributed by atoms with E-state index in [4.69, 9.17) is 37.9 Å². The van der Waals surface area contributed by atoms with Crippen molar-refractivity contribution in [2.45, 2.75) is 216 Å². The molecule has 26 heteroatoms. The number of anilines is 1. The second kappa shape index (κ2) is 26.9. The van der Waals surface area contributed by atoms with E-state index in [1.807, 2.05) is 0 Å². The number of carbonyl (C=O) groups excluding carboxylic acids is 9. The van der Waals surface area contributed by atoms with Crippen molar-refractivity contribution in [1.82, 2.24) is 19.7 Å². The molecular weight excluding hydrogens is 1080 g/mol. The Balaban J connectivity index is 2.86. The highest BCUT2D eigenvalue weighted by atomic mass is 32.2. The van der Waals surface area contributed by atoms with Gasteiger partial charge in [-0.05, 0) is 187 Å². The van der Waals surface area contributed by atoms with Crippen molar-refractivity contribution in [1.29, 1.82) is 0 Å². The number of nitrogens with zero attached hydrogens (tertiary/aromatic N) is 2. The largest absolute Gasteiger partial charge is 0.460 e. The number of benzene rings is 2. The Morgan fingerprint density at radius 1 is 0.543 bits per heavy atom. The predicted molar refractivity (Wildman–Crippen MR) is 296 cm³/mol. The Kier molecular flexibility index (Phi) is 23.2. The van der Waals surface area contributed by atoms with Crippen molar-refractivity contribution in [2.75, 3.05) is 5.32 Å². The van der Waals surface area contributed by atoms with Crippen LogP contribution in [-0.2, 0) is 69.1 Å². The van der Waals surface area contributed by atoms with E-state index in [-0.39, 0.29) is 26.9 Å². The van der Waals surface area contributed by atoms with Crippen LogP contribution in [-0.4, -0.2) is 124 Å². The van der Waals surface area contributed by atoms with Gasteiger partial charge in [0.25, 0.3) is 5.91 Å². The van der Waals surface area contributed by atoms with Crippen LogP contribution in [0.4, 0.5) is 20.1 Å². The number of aliphatic imine (C=N–C) groups is 1. The predicted octanol–water partition coefficient (Wildman–Crippen LogP) is 8.32. The van der Waals surface area contributed by atoms with Gasteiger partial charge in [0, 0.05) is 11.3 Å². The van der Waals surface area contributed by atoms with Crippen LogP contribution in [0.3, 0.4) is 0 Å². The summed E-state index contributed by atoms with van der Waals surface area (Å²) in [5, 5.41) is 7.53. The zero-order chi connectivity index (χ0) is 62.7. The number of rotatable bonds is 16. The number of carbonyl (C=O) groups is 9. The van der Waals surface area contributed by atoms with Gasteiger partial charge in [0.1, 0.15) is 57.0 Å². The molecule has 0 heterocycles. The smallest absolute Gasteiger partial charge is 0.437 e. The van der Waals surface area contributed by atoms with Gasteiger partial charge < -0.3 is 48.5 Å². The fourth-order valence-corrected chi connectivity index (χ4v) is 7.44. The van der Waals surface area contributed by atoms with E-state index in [2.05, 4.69) is 25.7 Å². The van der Waals surface area contributed by atoms with Crippen LogP contribution in [0.1, 0.15) is 185 Å². The number of ether oxygens (including phenoxy) is 8. The first-order valence-corrected chi connectivity index (χ1v) is 27.1. The first-order valence-electron chi connectivity index (χ1n) is 25.7. The van der Waals surface area contributed by atoms with Crippen LogP contribution in [0, 0.1) is 0 Å². The minimum Gasteiger partial charge on any atom is -0.460 e. The van der Waals surface area contributed by atoms with Crippen molar-refractivity contribution < 1.29 is 89.5 Å². The lowest BCUT2D eigenvalue weighted by molar-refractivity contribution is -0.164. The third-order valence-electron chi connectivity index (χ3n) is 8.90. The Morgan fingerprint density at radius 3 is 1.44 bits per heavy atom. The Labute approximate surface area is 474 Å². The van der Waals surface area contributed by atoms with E-state index in [1.165, 1.54) is 65.8 Å². The molecule has 2 aromatic carbocycles. The lowest BCUT2D eigenvalue weighted by atomic mass is 10.0. The molecule has 25 nitrogen and oxygen atoms in total. The molecule has 0 saturated carbocycles. The maximum atomic E-state index is 14.7. The lowest BCUT2D eigenvalue weighted by Gasteiger charge is -2.30. The van der Waals surface area contributed by atoms with Crippen LogP contribution in [0.2, 0.25) is 0 Å². The Hall–Kier alpha value is -7.35. The highest BCUT2D eigenvalue weighted by Gasteiger charge is 2.40. The number of amides is 4. The van der Waals surface area contributed by atoms with Gasteiger partial charge in [-0.2, -0.15) is 17.4 Å². The van der Waals surface area contributed by atoms with Gasteiger partial charge in [0.15, 0.2) is 0 Å². The fraction of sp³-hybridized carbons (Fsp3) is 0.600. The van der Waals surface area contributed by atoms with E-state index >= 15 is 0 Å². The molecule has 2 aromatic rings.